The summed E-state index contributed by atoms with van der Waals surface area (Å²) < 4.78 is 1.38. The molecule has 0 unspecified atom stereocenters. The Bertz CT molecular complexity index is 1020. The van der Waals surface area contributed by atoms with E-state index in [1.807, 2.05) is 88.4 Å². The molecule has 0 aliphatic carbocycles. The third-order valence-corrected chi connectivity index (χ3v) is 3.75. The summed E-state index contributed by atoms with van der Waals surface area (Å²) in [5.41, 5.74) is 2.91. The van der Waals surface area contributed by atoms with E-state index in [1.165, 1.54) is 10.7 Å². The Morgan fingerprint density at radius 3 is 2.18 bits per heavy atom. The van der Waals surface area contributed by atoms with Gasteiger partial charge in [-0.25, -0.2) is 0 Å². The van der Waals surface area contributed by atoms with Crippen LogP contribution in [0.4, 0.5) is 5.82 Å². The summed E-state index contributed by atoms with van der Waals surface area (Å²) in [6, 6.07) is 20.9. The number of nitrogens with one attached hydrogen (secondary N) is 2. The quantitative estimate of drug-likeness (QED) is 0.537. The standard InChI is InChI=1S/C18H15N5O.2C2H6/c24-16-11-15-17(22-23(16)14-9-5-2-6-10-14)18(21-20-15)19-12-13-7-3-1-4-8-13;2*1-2/h1-11,20H,12H2,(H,19,21);2*1-2H3. The van der Waals surface area contributed by atoms with E-state index in [9.17, 15) is 4.79 Å². The zero-order valence-electron chi connectivity index (χ0n) is 16.8. The second-order valence-electron chi connectivity index (χ2n) is 5.40. The first-order chi connectivity index (χ1) is 13.8. The highest BCUT2D eigenvalue weighted by molar-refractivity contribution is 5.85. The van der Waals surface area contributed by atoms with Crippen LogP contribution in [0, 0.1) is 0 Å². The van der Waals surface area contributed by atoms with Crippen molar-refractivity contribution < 1.29 is 0 Å². The lowest BCUT2D eigenvalue weighted by atomic mass is 10.2. The van der Waals surface area contributed by atoms with Crippen molar-refractivity contribution >= 4 is 16.9 Å². The van der Waals surface area contributed by atoms with Gasteiger partial charge in [0.25, 0.3) is 5.56 Å². The highest BCUT2D eigenvalue weighted by Gasteiger charge is 2.11. The Kier molecular flexibility index (Phi) is 7.96. The summed E-state index contributed by atoms with van der Waals surface area (Å²) in [7, 11) is 0. The average Bonchev–Trinajstić information content (AvgIpc) is 3.17. The van der Waals surface area contributed by atoms with E-state index in [0.29, 0.717) is 23.4 Å². The Morgan fingerprint density at radius 2 is 1.54 bits per heavy atom. The van der Waals surface area contributed by atoms with E-state index >= 15 is 0 Å². The molecule has 6 nitrogen and oxygen atoms in total. The lowest BCUT2D eigenvalue weighted by molar-refractivity contribution is 0.832. The van der Waals surface area contributed by atoms with Crippen molar-refractivity contribution in [3.05, 3.63) is 82.6 Å². The minimum Gasteiger partial charge on any atom is -0.363 e. The molecule has 0 amide bonds. The van der Waals surface area contributed by atoms with Gasteiger partial charge in [0.2, 0.25) is 0 Å². The molecule has 2 aromatic carbocycles. The number of rotatable bonds is 4. The van der Waals surface area contributed by atoms with Crippen LogP contribution >= 0.6 is 0 Å². The predicted octanol–water partition coefficient (Wildman–Crippen LogP) is 4.77. The van der Waals surface area contributed by atoms with Crippen molar-refractivity contribution in [1.82, 2.24) is 20.0 Å². The largest absolute Gasteiger partial charge is 0.363 e. The monoisotopic (exact) mass is 377 g/mol. The molecule has 0 aliphatic rings. The van der Waals surface area contributed by atoms with Crippen molar-refractivity contribution in [1.29, 1.82) is 0 Å². The highest BCUT2D eigenvalue weighted by Crippen LogP contribution is 2.17. The van der Waals surface area contributed by atoms with E-state index in [2.05, 4.69) is 20.6 Å². The van der Waals surface area contributed by atoms with Crippen molar-refractivity contribution in [2.75, 3.05) is 5.32 Å². The van der Waals surface area contributed by atoms with Crippen LogP contribution in [-0.2, 0) is 6.54 Å². The zero-order valence-corrected chi connectivity index (χ0v) is 16.8. The molecule has 146 valence electrons. The van der Waals surface area contributed by atoms with E-state index in [4.69, 9.17) is 0 Å². The molecule has 0 fully saturated rings. The molecule has 4 aromatic rings. The molecular formula is C22H27N5O. The van der Waals surface area contributed by atoms with Gasteiger partial charge in [-0.15, -0.1) is 0 Å². The van der Waals surface area contributed by atoms with Crippen molar-refractivity contribution in [2.24, 2.45) is 0 Å². The number of H-pyrrole nitrogens is 1. The van der Waals surface area contributed by atoms with Gasteiger partial charge < -0.3 is 5.32 Å². The highest BCUT2D eigenvalue weighted by atomic mass is 16.1. The number of anilines is 1. The van der Waals surface area contributed by atoms with Crippen LogP contribution in [0.25, 0.3) is 16.7 Å². The summed E-state index contributed by atoms with van der Waals surface area (Å²) in [5, 5.41) is 14.8. The fourth-order valence-electron chi connectivity index (χ4n) is 2.54. The van der Waals surface area contributed by atoms with Crippen molar-refractivity contribution in [2.45, 2.75) is 34.2 Å². The summed E-state index contributed by atoms with van der Waals surface area (Å²) in [6.07, 6.45) is 0. The molecule has 0 bridgehead atoms. The lowest BCUT2D eigenvalue weighted by Gasteiger charge is -2.06. The van der Waals surface area contributed by atoms with Gasteiger partial charge in [0, 0.05) is 12.6 Å². The van der Waals surface area contributed by atoms with Gasteiger partial charge >= 0.3 is 0 Å². The van der Waals surface area contributed by atoms with E-state index in [0.717, 1.165) is 11.3 Å². The summed E-state index contributed by atoms with van der Waals surface area (Å²) in [4.78, 5) is 12.3. The van der Waals surface area contributed by atoms with Gasteiger partial charge in [-0.2, -0.15) is 14.9 Å². The first-order valence-corrected chi connectivity index (χ1v) is 9.63. The minimum atomic E-state index is -0.202. The van der Waals surface area contributed by atoms with Gasteiger partial charge in [-0.1, -0.05) is 76.2 Å². The molecule has 4 rings (SSSR count). The van der Waals surface area contributed by atoms with E-state index in [-0.39, 0.29) is 5.56 Å². The average molecular weight is 377 g/mol. The van der Waals surface area contributed by atoms with E-state index in [1.54, 1.807) is 0 Å². The van der Waals surface area contributed by atoms with Gasteiger partial charge in [-0.3, -0.25) is 9.89 Å². The maximum Gasteiger partial charge on any atom is 0.273 e. The molecule has 0 spiro atoms. The van der Waals surface area contributed by atoms with Crippen LogP contribution in [0.2, 0.25) is 0 Å². The molecule has 0 saturated heterocycles. The number of nitrogens with zero attached hydrogens (tertiary/aromatic N) is 3. The maximum absolute atomic E-state index is 12.3. The summed E-state index contributed by atoms with van der Waals surface area (Å²) in [5.74, 6) is 0.624. The van der Waals surface area contributed by atoms with E-state index < -0.39 is 0 Å². The number of aromatic amines is 1. The SMILES string of the molecule is CC.CC.O=c1cc2[nH]nc(NCc3ccccc3)c2nn1-c1ccccc1. The number of para-hydroxylation sites is 1. The van der Waals surface area contributed by atoms with Gasteiger partial charge in [0.05, 0.1) is 11.2 Å². The second kappa shape index (κ2) is 10.7. The topological polar surface area (TPSA) is 75.6 Å². The zero-order chi connectivity index (χ0) is 20.4. The molecular weight excluding hydrogens is 350 g/mol. The number of aromatic nitrogens is 4. The Hall–Kier alpha value is -3.41. The van der Waals surface area contributed by atoms with Crippen molar-refractivity contribution in [3.63, 3.8) is 0 Å². The molecule has 6 heteroatoms. The van der Waals surface area contributed by atoms with Gasteiger partial charge in [0.15, 0.2) is 11.3 Å². The molecule has 0 aliphatic heterocycles. The fraction of sp³-hybridized carbons (Fsp3) is 0.227. The normalized spacial score (nSPS) is 9.71. The first kappa shape index (κ1) is 20.9. The maximum atomic E-state index is 12.3. The molecule has 0 radical (unpaired) electrons. The Balaban J connectivity index is 0.000000660. The number of benzene rings is 2. The molecule has 2 heterocycles. The Morgan fingerprint density at radius 1 is 0.929 bits per heavy atom. The van der Waals surface area contributed by atoms with Gasteiger partial charge in [0.1, 0.15) is 0 Å². The van der Waals surface area contributed by atoms with Crippen LogP contribution in [0.5, 0.6) is 0 Å². The minimum absolute atomic E-state index is 0.202. The molecule has 28 heavy (non-hydrogen) atoms. The summed E-state index contributed by atoms with van der Waals surface area (Å²) >= 11 is 0. The summed E-state index contributed by atoms with van der Waals surface area (Å²) in [6.45, 7) is 8.63. The molecule has 2 N–H and O–H groups in total. The predicted molar refractivity (Wildman–Crippen MR) is 116 cm³/mol. The first-order valence-electron chi connectivity index (χ1n) is 9.63. The Labute approximate surface area is 165 Å². The van der Waals surface area contributed by atoms with Crippen LogP contribution < -0.4 is 10.9 Å². The fourth-order valence-corrected chi connectivity index (χ4v) is 2.54. The lowest BCUT2D eigenvalue weighted by Crippen LogP contribution is -2.20. The van der Waals surface area contributed by atoms with Crippen LogP contribution in [0.15, 0.2) is 71.5 Å². The molecule has 0 saturated carbocycles. The van der Waals surface area contributed by atoms with Gasteiger partial charge in [-0.05, 0) is 17.7 Å². The third-order valence-electron chi connectivity index (χ3n) is 3.75. The number of fused-ring (bicyclic) bond motifs is 1. The number of hydrogen-bond donors (Lipinski definition) is 2. The third kappa shape index (κ3) is 4.85. The molecule has 2 aromatic heterocycles. The van der Waals surface area contributed by atoms with Crippen LogP contribution in [0.1, 0.15) is 33.3 Å². The second-order valence-corrected chi connectivity index (χ2v) is 5.40. The smallest absolute Gasteiger partial charge is 0.273 e. The molecule has 0 atom stereocenters. The van der Waals surface area contributed by atoms with Crippen LogP contribution in [-0.4, -0.2) is 20.0 Å². The van der Waals surface area contributed by atoms with Crippen LogP contribution in [0.3, 0.4) is 0 Å². The van der Waals surface area contributed by atoms with Crippen molar-refractivity contribution in [3.8, 4) is 5.69 Å². The number of hydrogen-bond acceptors (Lipinski definition) is 4.